The molecule has 0 aliphatic carbocycles. The number of ether oxygens (including phenoxy) is 2. The Morgan fingerprint density at radius 2 is 1.89 bits per heavy atom. The summed E-state index contributed by atoms with van der Waals surface area (Å²) < 4.78 is 10.7. The quantitative estimate of drug-likeness (QED) is 0.774. The second kappa shape index (κ2) is 7.92. The predicted molar refractivity (Wildman–Crippen MR) is 104 cm³/mol. The molecule has 0 unspecified atom stereocenters. The predicted octanol–water partition coefficient (Wildman–Crippen LogP) is 2.70. The van der Waals surface area contributed by atoms with E-state index in [-0.39, 0.29) is 24.1 Å². The Kier molecular flexibility index (Phi) is 5.19. The van der Waals surface area contributed by atoms with Gasteiger partial charge in [0.2, 0.25) is 18.6 Å². The van der Waals surface area contributed by atoms with Crippen molar-refractivity contribution < 1.29 is 19.1 Å². The zero-order valence-electron chi connectivity index (χ0n) is 15.7. The van der Waals surface area contributed by atoms with Gasteiger partial charge in [-0.3, -0.25) is 9.59 Å². The van der Waals surface area contributed by atoms with Gasteiger partial charge in [0.05, 0.1) is 0 Å². The molecule has 146 valence electrons. The number of benzene rings is 2. The van der Waals surface area contributed by atoms with E-state index in [0.29, 0.717) is 31.6 Å². The van der Waals surface area contributed by atoms with Crippen LogP contribution in [0.5, 0.6) is 11.5 Å². The van der Waals surface area contributed by atoms with Crippen LogP contribution in [-0.4, -0.2) is 24.1 Å². The van der Waals surface area contributed by atoms with Crippen molar-refractivity contribution in [2.75, 3.05) is 6.79 Å². The standard InChI is InChI=1S/C22H24N2O4/c25-20(23-14-17-6-7-18-19(12-17)28-15-27-18)8-10-22(11-9-21(26)24-22)13-16-4-2-1-3-5-16/h1-7,12H,8-11,13-15H2,(H,23,25)(H,24,26)/t22-/m0/s1. The van der Waals surface area contributed by atoms with Crippen LogP contribution < -0.4 is 20.1 Å². The molecule has 28 heavy (non-hydrogen) atoms. The van der Waals surface area contributed by atoms with Crippen molar-refractivity contribution in [1.82, 2.24) is 10.6 Å². The number of carbonyl (C=O) groups excluding carboxylic acids is 2. The molecule has 0 radical (unpaired) electrons. The van der Waals surface area contributed by atoms with Crippen LogP contribution >= 0.6 is 0 Å². The molecule has 1 fully saturated rings. The van der Waals surface area contributed by atoms with Gasteiger partial charge in [0.25, 0.3) is 0 Å². The lowest BCUT2D eigenvalue weighted by molar-refractivity contribution is -0.122. The minimum atomic E-state index is -0.339. The molecule has 2 aliphatic heterocycles. The summed E-state index contributed by atoms with van der Waals surface area (Å²) >= 11 is 0. The van der Waals surface area contributed by atoms with E-state index in [1.165, 1.54) is 5.56 Å². The highest BCUT2D eigenvalue weighted by atomic mass is 16.7. The SMILES string of the molecule is O=C(CC[C@@]1(Cc2ccccc2)CCC(=O)N1)NCc1ccc2c(c1)OCO2. The van der Waals surface area contributed by atoms with Gasteiger partial charge >= 0.3 is 0 Å². The molecule has 0 aromatic heterocycles. The summed E-state index contributed by atoms with van der Waals surface area (Å²) in [4.78, 5) is 24.3. The number of fused-ring (bicyclic) bond motifs is 1. The van der Waals surface area contributed by atoms with E-state index < -0.39 is 0 Å². The van der Waals surface area contributed by atoms with Gasteiger partial charge in [-0.2, -0.15) is 0 Å². The van der Waals surface area contributed by atoms with Crippen LogP contribution in [-0.2, 0) is 22.6 Å². The van der Waals surface area contributed by atoms with Gasteiger partial charge in [0.15, 0.2) is 11.5 Å². The number of hydrogen-bond donors (Lipinski definition) is 2. The first-order valence-electron chi connectivity index (χ1n) is 9.62. The molecule has 0 saturated carbocycles. The van der Waals surface area contributed by atoms with Gasteiger partial charge in [-0.05, 0) is 42.5 Å². The monoisotopic (exact) mass is 380 g/mol. The Morgan fingerprint density at radius 1 is 1.07 bits per heavy atom. The minimum absolute atomic E-state index is 0.0220. The van der Waals surface area contributed by atoms with Crippen LogP contribution in [0.3, 0.4) is 0 Å². The highest BCUT2D eigenvalue weighted by Gasteiger charge is 2.37. The van der Waals surface area contributed by atoms with E-state index in [4.69, 9.17) is 9.47 Å². The lowest BCUT2D eigenvalue weighted by atomic mass is 9.85. The van der Waals surface area contributed by atoms with Gasteiger partial charge in [-0.1, -0.05) is 36.4 Å². The van der Waals surface area contributed by atoms with Gasteiger partial charge in [-0.25, -0.2) is 0 Å². The largest absolute Gasteiger partial charge is 0.454 e. The Bertz CT molecular complexity index is 868. The summed E-state index contributed by atoms with van der Waals surface area (Å²) in [6.07, 6.45) is 3.02. The molecule has 6 nitrogen and oxygen atoms in total. The molecule has 1 atom stereocenters. The Labute approximate surface area is 164 Å². The number of rotatable bonds is 7. The molecular weight excluding hydrogens is 356 g/mol. The molecule has 2 aromatic carbocycles. The molecule has 2 amide bonds. The number of amides is 2. The third-order valence-corrected chi connectivity index (χ3v) is 5.38. The first-order valence-corrected chi connectivity index (χ1v) is 9.62. The summed E-state index contributed by atoms with van der Waals surface area (Å²) in [5.41, 5.74) is 1.80. The van der Waals surface area contributed by atoms with Gasteiger partial charge in [0.1, 0.15) is 0 Å². The van der Waals surface area contributed by atoms with Crippen LogP contribution in [0.2, 0.25) is 0 Å². The maximum atomic E-state index is 12.4. The van der Waals surface area contributed by atoms with Crippen molar-refractivity contribution in [3.63, 3.8) is 0 Å². The average Bonchev–Trinajstić information content (AvgIpc) is 3.32. The maximum Gasteiger partial charge on any atom is 0.231 e. The molecule has 1 saturated heterocycles. The molecule has 6 heteroatoms. The van der Waals surface area contributed by atoms with E-state index in [2.05, 4.69) is 22.8 Å². The average molecular weight is 380 g/mol. The molecule has 2 aromatic rings. The summed E-state index contributed by atoms with van der Waals surface area (Å²) in [5.74, 6) is 1.49. The molecular formula is C22H24N2O4. The summed E-state index contributed by atoms with van der Waals surface area (Å²) in [6.45, 7) is 0.674. The summed E-state index contributed by atoms with van der Waals surface area (Å²) in [6, 6.07) is 15.8. The van der Waals surface area contributed by atoms with Gasteiger partial charge < -0.3 is 20.1 Å². The first kappa shape index (κ1) is 18.3. The maximum absolute atomic E-state index is 12.4. The lowest BCUT2D eigenvalue weighted by Crippen LogP contribution is -2.44. The Balaban J connectivity index is 1.32. The third kappa shape index (κ3) is 4.27. The Morgan fingerprint density at radius 3 is 2.68 bits per heavy atom. The second-order valence-electron chi connectivity index (χ2n) is 7.46. The highest BCUT2D eigenvalue weighted by Crippen LogP contribution is 2.32. The van der Waals surface area contributed by atoms with Crippen LogP contribution in [0.25, 0.3) is 0 Å². The van der Waals surface area contributed by atoms with Crippen molar-refractivity contribution in [1.29, 1.82) is 0 Å². The fraction of sp³-hybridized carbons (Fsp3) is 0.364. The van der Waals surface area contributed by atoms with Crippen LogP contribution in [0, 0.1) is 0 Å². The van der Waals surface area contributed by atoms with E-state index in [1.807, 2.05) is 36.4 Å². The van der Waals surface area contributed by atoms with Crippen LogP contribution in [0.4, 0.5) is 0 Å². The number of hydrogen-bond acceptors (Lipinski definition) is 4. The van der Waals surface area contributed by atoms with E-state index in [9.17, 15) is 9.59 Å². The molecule has 2 heterocycles. The van der Waals surface area contributed by atoms with Crippen molar-refractivity contribution >= 4 is 11.8 Å². The summed E-state index contributed by atoms with van der Waals surface area (Å²) in [5, 5.41) is 6.08. The van der Waals surface area contributed by atoms with Crippen molar-refractivity contribution in [3.8, 4) is 11.5 Å². The summed E-state index contributed by atoms with van der Waals surface area (Å²) in [7, 11) is 0. The van der Waals surface area contributed by atoms with E-state index in [1.54, 1.807) is 0 Å². The van der Waals surface area contributed by atoms with Crippen molar-refractivity contribution in [3.05, 3.63) is 59.7 Å². The minimum Gasteiger partial charge on any atom is -0.454 e. The second-order valence-corrected chi connectivity index (χ2v) is 7.46. The Hall–Kier alpha value is -3.02. The normalized spacial score (nSPS) is 20.1. The third-order valence-electron chi connectivity index (χ3n) is 5.38. The molecule has 2 aliphatic rings. The zero-order valence-corrected chi connectivity index (χ0v) is 15.7. The fourth-order valence-electron chi connectivity index (χ4n) is 3.86. The molecule has 0 bridgehead atoms. The number of carbonyl (C=O) groups is 2. The zero-order chi connectivity index (χ0) is 19.4. The van der Waals surface area contributed by atoms with Gasteiger partial charge in [-0.15, -0.1) is 0 Å². The van der Waals surface area contributed by atoms with Gasteiger partial charge in [0, 0.05) is 24.9 Å². The lowest BCUT2D eigenvalue weighted by Gasteiger charge is -2.29. The van der Waals surface area contributed by atoms with Crippen LogP contribution in [0.1, 0.15) is 36.8 Å². The van der Waals surface area contributed by atoms with Crippen LogP contribution in [0.15, 0.2) is 48.5 Å². The highest BCUT2D eigenvalue weighted by molar-refractivity contribution is 5.80. The van der Waals surface area contributed by atoms with Crippen molar-refractivity contribution in [2.45, 2.75) is 44.2 Å². The first-order chi connectivity index (χ1) is 13.6. The molecule has 0 spiro atoms. The molecule has 2 N–H and O–H groups in total. The number of nitrogens with one attached hydrogen (secondary N) is 2. The van der Waals surface area contributed by atoms with E-state index >= 15 is 0 Å². The van der Waals surface area contributed by atoms with E-state index in [0.717, 1.165) is 24.2 Å². The smallest absolute Gasteiger partial charge is 0.231 e. The molecule has 4 rings (SSSR count). The topological polar surface area (TPSA) is 76.7 Å². The van der Waals surface area contributed by atoms with Crippen molar-refractivity contribution in [2.24, 2.45) is 0 Å². The fourth-order valence-corrected chi connectivity index (χ4v) is 3.86.